The molecule has 4 heteroatoms. The molecule has 1 aromatic heterocycles. The number of halogens is 1. The minimum atomic E-state index is -0.460. The zero-order chi connectivity index (χ0) is 14.8. The second-order valence-corrected chi connectivity index (χ2v) is 5.19. The van der Waals surface area contributed by atoms with Gasteiger partial charge in [0.15, 0.2) is 0 Å². The molecule has 0 radical (unpaired) electrons. The van der Waals surface area contributed by atoms with Crippen LogP contribution in [0.15, 0.2) is 52.9 Å². The van der Waals surface area contributed by atoms with Gasteiger partial charge in [-0.15, -0.1) is 0 Å². The molecule has 0 atom stereocenters. The van der Waals surface area contributed by atoms with Gasteiger partial charge in [-0.1, -0.05) is 41.9 Å². The van der Waals surface area contributed by atoms with Crippen molar-refractivity contribution in [2.75, 3.05) is 0 Å². The summed E-state index contributed by atoms with van der Waals surface area (Å²) in [6, 6.07) is 14.7. The highest BCUT2D eigenvalue weighted by Crippen LogP contribution is 2.25. The zero-order valence-electron chi connectivity index (χ0n) is 11.4. The number of hydrogen-bond donors (Lipinski definition) is 0. The normalized spacial score (nSPS) is 10.8. The van der Waals surface area contributed by atoms with E-state index in [2.05, 4.69) is 0 Å². The number of esters is 1. The lowest BCUT2D eigenvalue weighted by Crippen LogP contribution is -2.05. The van der Waals surface area contributed by atoms with Gasteiger partial charge in [-0.3, -0.25) is 0 Å². The van der Waals surface area contributed by atoms with E-state index in [9.17, 15) is 4.79 Å². The second-order valence-electron chi connectivity index (χ2n) is 4.75. The first-order chi connectivity index (χ1) is 10.1. The standard InChI is InChI=1S/C17H13ClO3/c1-11-14-4-2-3-5-15(14)21-16(11)17(19)20-10-12-6-8-13(18)9-7-12/h2-9H,10H2,1H3. The van der Waals surface area contributed by atoms with Crippen LogP contribution in [-0.4, -0.2) is 5.97 Å². The molecule has 3 aromatic rings. The van der Waals surface area contributed by atoms with Gasteiger partial charge in [-0.05, 0) is 30.7 Å². The largest absolute Gasteiger partial charge is 0.455 e. The fourth-order valence-electron chi connectivity index (χ4n) is 2.16. The van der Waals surface area contributed by atoms with Gasteiger partial charge in [-0.25, -0.2) is 4.79 Å². The number of fused-ring (bicyclic) bond motifs is 1. The van der Waals surface area contributed by atoms with Gasteiger partial charge in [0.25, 0.3) is 0 Å². The summed E-state index contributed by atoms with van der Waals surface area (Å²) < 4.78 is 10.9. The van der Waals surface area contributed by atoms with Crippen LogP contribution >= 0.6 is 11.6 Å². The SMILES string of the molecule is Cc1c(C(=O)OCc2ccc(Cl)cc2)oc2ccccc12. The van der Waals surface area contributed by atoms with E-state index in [0.29, 0.717) is 10.6 Å². The molecule has 0 aliphatic heterocycles. The van der Waals surface area contributed by atoms with Crippen molar-refractivity contribution >= 4 is 28.5 Å². The van der Waals surface area contributed by atoms with E-state index in [4.69, 9.17) is 20.8 Å². The summed E-state index contributed by atoms with van der Waals surface area (Å²) in [5, 5.41) is 1.58. The molecule has 0 bridgehead atoms. The maximum absolute atomic E-state index is 12.1. The molecule has 0 unspecified atom stereocenters. The van der Waals surface area contributed by atoms with Crippen molar-refractivity contribution in [2.45, 2.75) is 13.5 Å². The molecule has 0 fully saturated rings. The number of carbonyl (C=O) groups excluding carboxylic acids is 1. The molecule has 3 nitrogen and oxygen atoms in total. The van der Waals surface area contributed by atoms with Gasteiger partial charge in [0.2, 0.25) is 5.76 Å². The van der Waals surface area contributed by atoms with E-state index in [-0.39, 0.29) is 12.4 Å². The molecule has 0 saturated carbocycles. The van der Waals surface area contributed by atoms with Gasteiger partial charge in [0.1, 0.15) is 12.2 Å². The topological polar surface area (TPSA) is 39.4 Å². The Morgan fingerprint density at radius 2 is 1.86 bits per heavy atom. The van der Waals surface area contributed by atoms with Crippen molar-refractivity contribution in [3.05, 3.63) is 70.4 Å². The lowest BCUT2D eigenvalue weighted by Gasteiger charge is -2.03. The third-order valence-corrected chi connectivity index (χ3v) is 3.56. The summed E-state index contributed by atoms with van der Waals surface area (Å²) >= 11 is 5.81. The van der Waals surface area contributed by atoms with Crippen LogP contribution in [0.5, 0.6) is 0 Å². The predicted molar refractivity (Wildman–Crippen MR) is 81.5 cm³/mol. The summed E-state index contributed by atoms with van der Waals surface area (Å²) in [5.41, 5.74) is 2.36. The number of hydrogen-bond acceptors (Lipinski definition) is 3. The Balaban J connectivity index is 1.78. The van der Waals surface area contributed by atoms with Crippen molar-refractivity contribution in [3.8, 4) is 0 Å². The van der Waals surface area contributed by atoms with Crippen LogP contribution in [0.25, 0.3) is 11.0 Å². The maximum Gasteiger partial charge on any atom is 0.374 e. The second kappa shape index (κ2) is 5.62. The summed E-state index contributed by atoms with van der Waals surface area (Å²) in [6.07, 6.45) is 0. The van der Waals surface area contributed by atoms with E-state index in [1.807, 2.05) is 43.3 Å². The van der Waals surface area contributed by atoms with Crippen molar-refractivity contribution in [2.24, 2.45) is 0 Å². The lowest BCUT2D eigenvalue weighted by molar-refractivity contribution is 0.0437. The van der Waals surface area contributed by atoms with Gasteiger partial charge >= 0.3 is 5.97 Å². The number of para-hydroxylation sites is 1. The van der Waals surface area contributed by atoms with Crippen LogP contribution in [0.3, 0.4) is 0 Å². The van der Waals surface area contributed by atoms with Gasteiger partial charge in [-0.2, -0.15) is 0 Å². The third kappa shape index (κ3) is 2.78. The molecule has 3 rings (SSSR count). The fourth-order valence-corrected chi connectivity index (χ4v) is 2.29. The molecule has 1 heterocycles. The van der Waals surface area contributed by atoms with Crippen LogP contribution in [-0.2, 0) is 11.3 Å². The molecule has 0 amide bonds. The number of benzene rings is 2. The Hall–Kier alpha value is -2.26. The molecular weight excluding hydrogens is 288 g/mol. The first-order valence-electron chi connectivity index (χ1n) is 6.55. The molecule has 0 saturated heterocycles. The minimum Gasteiger partial charge on any atom is -0.455 e. The van der Waals surface area contributed by atoms with Crippen LogP contribution in [0.2, 0.25) is 5.02 Å². The summed E-state index contributed by atoms with van der Waals surface area (Å²) in [5.74, 6) is -0.205. The van der Waals surface area contributed by atoms with Crippen molar-refractivity contribution in [1.29, 1.82) is 0 Å². The predicted octanol–water partition coefficient (Wildman–Crippen LogP) is 4.75. The number of aryl methyl sites for hydroxylation is 1. The van der Waals surface area contributed by atoms with E-state index in [1.165, 1.54) is 0 Å². The van der Waals surface area contributed by atoms with Crippen LogP contribution in [0.1, 0.15) is 21.7 Å². The lowest BCUT2D eigenvalue weighted by atomic mass is 10.1. The maximum atomic E-state index is 12.1. The smallest absolute Gasteiger partial charge is 0.374 e. The Labute approximate surface area is 127 Å². The molecule has 106 valence electrons. The van der Waals surface area contributed by atoms with E-state index >= 15 is 0 Å². The van der Waals surface area contributed by atoms with Crippen molar-refractivity contribution in [1.82, 2.24) is 0 Å². The molecule has 0 aliphatic carbocycles. The summed E-state index contributed by atoms with van der Waals surface area (Å²) in [6.45, 7) is 2.04. The highest BCUT2D eigenvalue weighted by Gasteiger charge is 2.18. The third-order valence-electron chi connectivity index (χ3n) is 3.31. The van der Waals surface area contributed by atoms with Gasteiger partial charge in [0.05, 0.1) is 0 Å². The number of carbonyl (C=O) groups is 1. The Morgan fingerprint density at radius 1 is 1.14 bits per heavy atom. The average molecular weight is 301 g/mol. The highest BCUT2D eigenvalue weighted by atomic mass is 35.5. The Kier molecular flexibility index (Phi) is 3.67. The number of furan rings is 1. The van der Waals surface area contributed by atoms with Crippen LogP contribution < -0.4 is 0 Å². The molecular formula is C17H13ClO3. The Morgan fingerprint density at radius 3 is 2.57 bits per heavy atom. The molecule has 21 heavy (non-hydrogen) atoms. The van der Waals surface area contributed by atoms with Crippen molar-refractivity contribution in [3.63, 3.8) is 0 Å². The number of ether oxygens (including phenoxy) is 1. The fraction of sp³-hybridized carbons (Fsp3) is 0.118. The van der Waals surface area contributed by atoms with E-state index < -0.39 is 5.97 Å². The summed E-state index contributed by atoms with van der Waals surface area (Å²) in [7, 11) is 0. The first-order valence-corrected chi connectivity index (χ1v) is 6.92. The molecule has 0 N–H and O–H groups in total. The van der Waals surface area contributed by atoms with Crippen LogP contribution in [0, 0.1) is 6.92 Å². The van der Waals surface area contributed by atoms with Gasteiger partial charge in [0, 0.05) is 16.0 Å². The first kappa shape index (κ1) is 13.7. The monoisotopic (exact) mass is 300 g/mol. The highest BCUT2D eigenvalue weighted by molar-refractivity contribution is 6.30. The molecule has 2 aromatic carbocycles. The summed E-state index contributed by atoms with van der Waals surface area (Å²) in [4.78, 5) is 12.1. The van der Waals surface area contributed by atoms with E-state index in [1.54, 1.807) is 12.1 Å². The molecule has 0 aliphatic rings. The van der Waals surface area contributed by atoms with Crippen molar-refractivity contribution < 1.29 is 13.9 Å². The average Bonchev–Trinajstić information content (AvgIpc) is 2.84. The quantitative estimate of drug-likeness (QED) is 0.655. The van der Waals surface area contributed by atoms with E-state index in [0.717, 1.165) is 16.5 Å². The van der Waals surface area contributed by atoms with Crippen LogP contribution in [0.4, 0.5) is 0 Å². The zero-order valence-corrected chi connectivity index (χ0v) is 12.2. The number of rotatable bonds is 3. The van der Waals surface area contributed by atoms with Gasteiger partial charge < -0.3 is 9.15 Å². The molecule has 0 spiro atoms. The minimum absolute atomic E-state index is 0.187. The Bertz CT molecular complexity index is 787.